The number of piperazine rings is 1. The third-order valence-corrected chi connectivity index (χ3v) is 6.35. The van der Waals surface area contributed by atoms with Gasteiger partial charge in [-0.25, -0.2) is 4.98 Å². The van der Waals surface area contributed by atoms with Crippen LogP contribution in [0.25, 0.3) is 22.3 Å². The van der Waals surface area contributed by atoms with Crippen molar-refractivity contribution in [1.82, 2.24) is 24.6 Å². The maximum Gasteiger partial charge on any atom is 0.417 e. The lowest BCUT2D eigenvalue weighted by atomic mass is 10.0. The van der Waals surface area contributed by atoms with E-state index < -0.39 is 11.7 Å². The average Bonchev–Trinajstić information content (AvgIpc) is 3.24. The normalized spacial score (nSPS) is 15.0. The topological polar surface area (TPSA) is 54.3 Å². The van der Waals surface area contributed by atoms with Gasteiger partial charge in [0.2, 0.25) is 0 Å². The number of alkyl halides is 3. The fraction of sp³-hybridized carbons (Fsp3) is 0.269. The second-order valence-electron chi connectivity index (χ2n) is 8.66. The van der Waals surface area contributed by atoms with Crippen LogP contribution in [0.4, 0.5) is 13.2 Å². The smallest absolute Gasteiger partial charge is 0.336 e. The Kier molecular flexibility index (Phi) is 6.02. The molecule has 0 bridgehead atoms. The number of benzene rings is 2. The zero-order chi connectivity index (χ0) is 24.6. The Bertz CT molecular complexity index is 1360. The third-order valence-electron chi connectivity index (χ3n) is 6.35. The molecule has 2 aromatic heterocycles. The number of carbonyl (C=O) groups excluding carboxylic acids is 1. The molecule has 35 heavy (non-hydrogen) atoms. The van der Waals surface area contributed by atoms with Crippen LogP contribution >= 0.6 is 0 Å². The highest BCUT2D eigenvalue weighted by Gasteiger charge is 2.34. The summed E-state index contributed by atoms with van der Waals surface area (Å²) < 4.78 is 42.5. The van der Waals surface area contributed by atoms with Crippen LogP contribution in [-0.4, -0.2) is 56.7 Å². The zero-order valence-electron chi connectivity index (χ0n) is 19.2. The lowest BCUT2D eigenvalue weighted by molar-refractivity contribution is -0.137. The number of halogens is 3. The number of rotatable bonds is 4. The van der Waals surface area contributed by atoms with Crippen LogP contribution in [0, 0.1) is 0 Å². The van der Waals surface area contributed by atoms with Crippen molar-refractivity contribution in [2.45, 2.75) is 12.7 Å². The first-order chi connectivity index (χ1) is 16.8. The highest BCUT2D eigenvalue weighted by molar-refractivity contribution is 6.06. The van der Waals surface area contributed by atoms with Gasteiger partial charge in [0.05, 0.1) is 28.4 Å². The summed E-state index contributed by atoms with van der Waals surface area (Å²) >= 11 is 0. The van der Waals surface area contributed by atoms with Crippen molar-refractivity contribution in [3.8, 4) is 11.3 Å². The van der Waals surface area contributed by atoms with Gasteiger partial charge in [0.25, 0.3) is 5.91 Å². The molecule has 0 radical (unpaired) electrons. The fourth-order valence-electron chi connectivity index (χ4n) is 4.50. The van der Waals surface area contributed by atoms with E-state index >= 15 is 0 Å². The number of hydrogen-bond acceptors (Lipinski definition) is 4. The average molecular weight is 480 g/mol. The van der Waals surface area contributed by atoms with Crippen LogP contribution in [0.5, 0.6) is 0 Å². The molecule has 2 aromatic carbocycles. The van der Waals surface area contributed by atoms with Gasteiger partial charge in [-0.15, -0.1) is 0 Å². The molecule has 5 rings (SSSR count). The van der Waals surface area contributed by atoms with Crippen LogP contribution in [-0.2, 0) is 19.8 Å². The third kappa shape index (κ3) is 4.64. The van der Waals surface area contributed by atoms with Crippen molar-refractivity contribution >= 4 is 16.9 Å². The van der Waals surface area contributed by atoms with Crippen molar-refractivity contribution in [2.75, 3.05) is 26.2 Å². The van der Waals surface area contributed by atoms with E-state index in [4.69, 9.17) is 0 Å². The van der Waals surface area contributed by atoms with Gasteiger partial charge < -0.3 is 4.90 Å². The van der Waals surface area contributed by atoms with Crippen molar-refractivity contribution in [3.63, 3.8) is 0 Å². The molecule has 0 spiro atoms. The summed E-state index contributed by atoms with van der Waals surface area (Å²) in [7, 11) is 1.66. The first-order valence-electron chi connectivity index (χ1n) is 11.4. The monoisotopic (exact) mass is 479 g/mol. The highest BCUT2D eigenvalue weighted by atomic mass is 19.4. The number of aromatic nitrogens is 3. The van der Waals surface area contributed by atoms with Crippen molar-refractivity contribution in [3.05, 3.63) is 83.6 Å². The van der Waals surface area contributed by atoms with Gasteiger partial charge in [0.15, 0.2) is 5.65 Å². The van der Waals surface area contributed by atoms with Gasteiger partial charge in [-0.05, 0) is 17.7 Å². The Morgan fingerprint density at radius 1 is 0.971 bits per heavy atom. The Labute approximate surface area is 200 Å². The van der Waals surface area contributed by atoms with E-state index in [-0.39, 0.29) is 17.2 Å². The molecule has 6 nitrogen and oxygen atoms in total. The quantitative estimate of drug-likeness (QED) is 0.429. The van der Waals surface area contributed by atoms with E-state index in [0.29, 0.717) is 42.8 Å². The number of carbonyl (C=O) groups is 1. The maximum atomic E-state index is 13.7. The summed E-state index contributed by atoms with van der Waals surface area (Å²) in [6.45, 7) is 3.30. The molecule has 180 valence electrons. The predicted molar refractivity (Wildman–Crippen MR) is 127 cm³/mol. The summed E-state index contributed by atoms with van der Waals surface area (Å²) in [5.41, 5.74) is 1.13. The first-order valence-corrected chi connectivity index (χ1v) is 11.4. The molecule has 1 amide bonds. The highest BCUT2D eigenvalue weighted by Crippen LogP contribution is 2.37. The van der Waals surface area contributed by atoms with Gasteiger partial charge in [0.1, 0.15) is 0 Å². The standard InChI is InChI=1S/C26H24F3N5O/c1-32-24-21(16-30-32)20(15-23(31-24)19-9-5-6-10-22(19)26(27,28)29)25(35)34-13-11-33(12-14-34)17-18-7-3-2-4-8-18/h2-10,15-16H,11-14,17H2,1H3. The summed E-state index contributed by atoms with van der Waals surface area (Å²) in [4.78, 5) is 22.1. The first kappa shape index (κ1) is 23.0. The summed E-state index contributed by atoms with van der Waals surface area (Å²) in [5, 5.41) is 4.73. The van der Waals surface area contributed by atoms with E-state index in [1.54, 1.807) is 18.1 Å². The summed E-state index contributed by atoms with van der Waals surface area (Å²) in [6, 6.07) is 16.9. The molecule has 3 heterocycles. The number of nitrogens with zero attached hydrogens (tertiary/aromatic N) is 5. The van der Waals surface area contributed by atoms with E-state index in [1.165, 1.54) is 34.5 Å². The van der Waals surface area contributed by atoms with Gasteiger partial charge in [-0.1, -0.05) is 48.5 Å². The Morgan fingerprint density at radius 2 is 1.66 bits per heavy atom. The Balaban J connectivity index is 1.45. The van der Waals surface area contributed by atoms with Crippen molar-refractivity contribution < 1.29 is 18.0 Å². The fourth-order valence-corrected chi connectivity index (χ4v) is 4.50. The minimum Gasteiger partial charge on any atom is -0.336 e. The van der Waals surface area contributed by atoms with E-state index in [9.17, 15) is 18.0 Å². The predicted octanol–water partition coefficient (Wildman–Crippen LogP) is 4.61. The molecule has 4 aromatic rings. The molecule has 0 N–H and O–H groups in total. The molecular formula is C26H24F3N5O. The zero-order valence-corrected chi connectivity index (χ0v) is 19.2. The molecule has 1 saturated heterocycles. The molecule has 1 fully saturated rings. The molecule has 1 aliphatic heterocycles. The summed E-state index contributed by atoms with van der Waals surface area (Å²) in [5.74, 6) is -0.226. The van der Waals surface area contributed by atoms with E-state index in [2.05, 4.69) is 27.1 Å². The molecule has 0 aliphatic carbocycles. The van der Waals surface area contributed by atoms with Gasteiger partial charge >= 0.3 is 6.18 Å². The number of fused-ring (bicyclic) bond motifs is 1. The van der Waals surface area contributed by atoms with Crippen LogP contribution in [0.1, 0.15) is 21.5 Å². The molecule has 0 unspecified atom stereocenters. The minimum absolute atomic E-state index is 0.0650. The van der Waals surface area contributed by atoms with Crippen LogP contribution in [0.3, 0.4) is 0 Å². The maximum absolute atomic E-state index is 13.7. The second-order valence-corrected chi connectivity index (χ2v) is 8.66. The van der Waals surface area contributed by atoms with Gasteiger partial charge in [0, 0.05) is 45.3 Å². The lowest BCUT2D eigenvalue weighted by Gasteiger charge is -2.35. The second kappa shape index (κ2) is 9.14. The van der Waals surface area contributed by atoms with E-state index in [1.807, 2.05) is 18.2 Å². The van der Waals surface area contributed by atoms with Crippen LogP contribution in [0.2, 0.25) is 0 Å². The molecule has 0 saturated carbocycles. The van der Waals surface area contributed by atoms with Crippen molar-refractivity contribution in [2.24, 2.45) is 7.05 Å². The van der Waals surface area contributed by atoms with Crippen LogP contribution in [0.15, 0.2) is 66.9 Å². The number of amides is 1. The molecule has 1 aliphatic rings. The van der Waals surface area contributed by atoms with Gasteiger partial charge in [-0.2, -0.15) is 18.3 Å². The number of pyridine rings is 1. The van der Waals surface area contributed by atoms with Crippen molar-refractivity contribution in [1.29, 1.82) is 0 Å². The molecule has 0 atom stereocenters. The summed E-state index contributed by atoms with van der Waals surface area (Å²) in [6.07, 6.45) is -3.00. The minimum atomic E-state index is -4.54. The Hall–Kier alpha value is -3.72. The Morgan fingerprint density at radius 3 is 2.37 bits per heavy atom. The number of aryl methyl sites for hydroxylation is 1. The molecule has 9 heteroatoms. The van der Waals surface area contributed by atoms with E-state index in [0.717, 1.165) is 12.6 Å². The largest absolute Gasteiger partial charge is 0.417 e. The molecular weight excluding hydrogens is 455 g/mol. The number of hydrogen-bond donors (Lipinski definition) is 0. The van der Waals surface area contributed by atoms with Gasteiger partial charge in [-0.3, -0.25) is 14.4 Å². The van der Waals surface area contributed by atoms with Crippen LogP contribution < -0.4 is 0 Å². The lowest BCUT2D eigenvalue weighted by Crippen LogP contribution is -2.48. The SMILES string of the molecule is Cn1ncc2c(C(=O)N3CCN(Cc4ccccc4)CC3)cc(-c3ccccc3C(F)(F)F)nc21.